The van der Waals surface area contributed by atoms with Crippen LogP contribution >= 0.6 is 12.4 Å². The number of aryl methyl sites for hydroxylation is 1. The molecule has 1 atom stereocenters. The minimum Gasteiger partial charge on any atom is -0.481 e. The van der Waals surface area contributed by atoms with Crippen molar-refractivity contribution in [2.75, 3.05) is 6.61 Å². The van der Waals surface area contributed by atoms with Crippen LogP contribution in [0.2, 0.25) is 0 Å². The smallest absolute Gasteiger partial charge is 0.303 e. The third-order valence-electron chi connectivity index (χ3n) is 2.99. The number of rotatable bonds is 6. The van der Waals surface area contributed by atoms with Crippen LogP contribution in [-0.2, 0) is 17.6 Å². The molecule has 1 unspecified atom stereocenters. The van der Waals surface area contributed by atoms with Gasteiger partial charge in [-0.25, -0.2) is 0 Å². The highest BCUT2D eigenvalue weighted by Gasteiger charge is 2.14. The zero-order valence-electron chi connectivity index (χ0n) is 10.7. The fraction of sp³-hybridized carbons (Fsp3) is 0.583. The predicted molar refractivity (Wildman–Crippen MR) is 72.2 cm³/mol. The topological polar surface area (TPSA) is 99.3 Å². The summed E-state index contributed by atoms with van der Waals surface area (Å²) in [5, 5.41) is 17.6. The molecule has 104 valence electrons. The number of nitrogens with one attached hydrogen (secondary N) is 1. The maximum Gasteiger partial charge on any atom is 0.303 e. The Balaban J connectivity index is 0.00000289. The number of hydrogen-bond acceptors (Lipinski definition) is 3. The van der Waals surface area contributed by atoms with Crippen molar-refractivity contribution in [2.24, 2.45) is 5.73 Å². The van der Waals surface area contributed by atoms with Gasteiger partial charge in [0.25, 0.3) is 0 Å². The lowest BCUT2D eigenvalue weighted by atomic mass is 10.0. The maximum absolute atomic E-state index is 10.6. The van der Waals surface area contributed by atoms with Crippen molar-refractivity contribution in [1.82, 2.24) is 4.98 Å². The summed E-state index contributed by atoms with van der Waals surface area (Å²) in [6.07, 6.45) is 1.24. The second-order valence-electron chi connectivity index (χ2n) is 4.37. The van der Waals surface area contributed by atoms with E-state index in [1.807, 2.05) is 13.8 Å². The zero-order valence-corrected chi connectivity index (χ0v) is 11.5. The molecule has 0 aromatic carbocycles. The Labute approximate surface area is 113 Å². The number of nitrogens with two attached hydrogens (primary N) is 1. The molecule has 5 N–H and O–H groups in total. The molecule has 0 saturated carbocycles. The van der Waals surface area contributed by atoms with Crippen LogP contribution in [0.5, 0.6) is 0 Å². The second kappa shape index (κ2) is 7.41. The van der Waals surface area contributed by atoms with Crippen molar-refractivity contribution >= 4 is 18.4 Å². The van der Waals surface area contributed by atoms with Gasteiger partial charge in [-0.15, -0.1) is 12.4 Å². The summed E-state index contributed by atoms with van der Waals surface area (Å²) in [5.74, 6) is -0.793. The van der Waals surface area contributed by atoms with Crippen LogP contribution in [0.1, 0.15) is 28.9 Å². The number of H-pyrrole nitrogens is 1. The number of carboxylic acid groups (broad SMARTS) is 1. The molecule has 0 aliphatic heterocycles. The van der Waals surface area contributed by atoms with Crippen LogP contribution in [0.3, 0.4) is 0 Å². The Bertz CT molecular complexity index is 404. The van der Waals surface area contributed by atoms with E-state index in [-0.39, 0.29) is 31.5 Å². The average Bonchev–Trinajstić information content (AvgIpc) is 2.51. The van der Waals surface area contributed by atoms with Crippen LogP contribution < -0.4 is 5.73 Å². The van der Waals surface area contributed by atoms with Gasteiger partial charge in [-0.1, -0.05) is 0 Å². The Morgan fingerprint density at radius 3 is 2.56 bits per heavy atom. The minimum absolute atomic E-state index is 0. The summed E-state index contributed by atoms with van der Waals surface area (Å²) in [4.78, 5) is 13.8. The molecule has 1 rings (SSSR count). The normalized spacial score (nSPS) is 12.0. The first kappa shape index (κ1) is 17.0. The van der Waals surface area contributed by atoms with E-state index >= 15 is 0 Å². The highest BCUT2D eigenvalue weighted by molar-refractivity contribution is 5.85. The fourth-order valence-electron chi connectivity index (χ4n) is 2.00. The Kier molecular flexibility index (Phi) is 6.98. The highest BCUT2D eigenvalue weighted by Crippen LogP contribution is 2.20. The Morgan fingerprint density at radius 2 is 2.06 bits per heavy atom. The quantitative estimate of drug-likeness (QED) is 0.621. The molecule has 0 aliphatic rings. The van der Waals surface area contributed by atoms with Crippen molar-refractivity contribution in [1.29, 1.82) is 0 Å². The van der Waals surface area contributed by atoms with Crippen LogP contribution in [0, 0.1) is 13.8 Å². The molecule has 0 saturated heterocycles. The van der Waals surface area contributed by atoms with E-state index in [1.54, 1.807) is 0 Å². The number of aliphatic carboxylic acids is 1. The van der Waals surface area contributed by atoms with Gasteiger partial charge in [0.2, 0.25) is 0 Å². The first-order valence-corrected chi connectivity index (χ1v) is 5.70. The zero-order chi connectivity index (χ0) is 13.0. The van der Waals surface area contributed by atoms with Crippen LogP contribution in [0.4, 0.5) is 0 Å². The third-order valence-corrected chi connectivity index (χ3v) is 2.99. The van der Waals surface area contributed by atoms with Crippen molar-refractivity contribution in [3.63, 3.8) is 0 Å². The van der Waals surface area contributed by atoms with Gasteiger partial charge in [-0.3, -0.25) is 4.79 Å². The van der Waals surface area contributed by atoms with Crippen molar-refractivity contribution in [3.8, 4) is 0 Å². The molecule has 0 spiro atoms. The van der Waals surface area contributed by atoms with Crippen molar-refractivity contribution in [2.45, 2.75) is 39.2 Å². The predicted octanol–water partition coefficient (Wildman–Crippen LogP) is 0.933. The molecule has 0 fully saturated rings. The molecular formula is C12H21ClN2O3. The van der Waals surface area contributed by atoms with E-state index in [0.29, 0.717) is 12.8 Å². The number of carbonyl (C=O) groups is 1. The van der Waals surface area contributed by atoms with E-state index in [1.165, 1.54) is 0 Å². The van der Waals surface area contributed by atoms with E-state index < -0.39 is 5.97 Å². The molecule has 1 aromatic heterocycles. The first-order chi connectivity index (χ1) is 7.95. The van der Waals surface area contributed by atoms with E-state index in [9.17, 15) is 4.79 Å². The maximum atomic E-state index is 10.6. The van der Waals surface area contributed by atoms with Crippen molar-refractivity contribution < 1.29 is 15.0 Å². The Morgan fingerprint density at radius 1 is 1.44 bits per heavy atom. The lowest BCUT2D eigenvalue weighted by molar-refractivity contribution is -0.136. The summed E-state index contributed by atoms with van der Waals surface area (Å²) in [5.41, 5.74) is 9.78. The standard InChI is InChI=1S/C12H20N2O3.ClH/c1-7-10(3-4-12(16)17)8(2)14-11(7)5-9(13)6-15;/h9,14-15H,3-6,13H2,1-2H3,(H,16,17);1H. The van der Waals surface area contributed by atoms with Gasteiger partial charge in [-0.2, -0.15) is 0 Å². The van der Waals surface area contributed by atoms with Gasteiger partial charge in [0.15, 0.2) is 0 Å². The third kappa shape index (κ3) is 4.33. The molecule has 5 nitrogen and oxygen atoms in total. The summed E-state index contributed by atoms with van der Waals surface area (Å²) in [7, 11) is 0. The monoisotopic (exact) mass is 276 g/mol. The molecule has 6 heteroatoms. The fourth-order valence-corrected chi connectivity index (χ4v) is 2.00. The second-order valence-corrected chi connectivity index (χ2v) is 4.37. The van der Waals surface area contributed by atoms with E-state index in [0.717, 1.165) is 22.5 Å². The number of carboxylic acids is 1. The van der Waals surface area contributed by atoms with Crippen LogP contribution in [-0.4, -0.2) is 33.8 Å². The van der Waals surface area contributed by atoms with Crippen LogP contribution in [0.25, 0.3) is 0 Å². The number of aromatic nitrogens is 1. The van der Waals surface area contributed by atoms with E-state index in [2.05, 4.69) is 4.98 Å². The molecule has 1 aromatic rings. The SMILES string of the molecule is Cc1[nH]c(CC(N)CO)c(C)c1CCC(=O)O.Cl. The molecule has 0 amide bonds. The van der Waals surface area contributed by atoms with Gasteiger partial charge < -0.3 is 20.9 Å². The summed E-state index contributed by atoms with van der Waals surface area (Å²) in [6, 6.07) is -0.279. The van der Waals surface area contributed by atoms with Gasteiger partial charge in [0.05, 0.1) is 6.61 Å². The van der Waals surface area contributed by atoms with E-state index in [4.69, 9.17) is 15.9 Å². The van der Waals surface area contributed by atoms with Gasteiger partial charge in [-0.05, 0) is 31.4 Å². The number of aromatic amines is 1. The molecule has 0 aliphatic carbocycles. The van der Waals surface area contributed by atoms with Gasteiger partial charge in [0.1, 0.15) is 0 Å². The summed E-state index contributed by atoms with van der Waals surface area (Å²) in [6.45, 7) is 3.83. The van der Waals surface area contributed by atoms with Gasteiger partial charge >= 0.3 is 5.97 Å². The molecule has 1 heterocycles. The molecular weight excluding hydrogens is 256 g/mol. The van der Waals surface area contributed by atoms with Crippen LogP contribution in [0.15, 0.2) is 0 Å². The number of aliphatic hydroxyl groups excluding tert-OH is 1. The number of halogens is 1. The minimum atomic E-state index is -0.793. The lowest BCUT2D eigenvalue weighted by Crippen LogP contribution is -2.27. The number of hydrogen-bond donors (Lipinski definition) is 4. The summed E-state index contributed by atoms with van der Waals surface area (Å²) < 4.78 is 0. The summed E-state index contributed by atoms with van der Waals surface area (Å²) >= 11 is 0. The van der Waals surface area contributed by atoms with Crippen molar-refractivity contribution in [3.05, 3.63) is 22.5 Å². The molecule has 0 radical (unpaired) electrons. The average molecular weight is 277 g/mol. The lowest BCUT2D eigenvalue weighted by Gasteiger charge is -2.07. The largest absolute Gasteiger partial charge is 0.481 e. The number of aliphatic hydroxyl groups is 1. The molecule has 18 heavy (non-hydrogen) atoms. The molecule has 0 bridgehead atoms. The highest BCUT2D eigenvalue weighted by atomic mass is 35.5. The van der Waals surface area contributed by atoms with Gasteiger partial charge in [0, 0.05) is 30.3 Å². The first-order valence-electron chi connectivity index (χ1n) is 5.70. The Hall–Kier alpha value is -1.04.